The molecular weight excluding hydrogens is 376 g/mol. The quantitative estimate of drug-likeness (QED) is 0.465. The second-order valence-corrected chi connectivity index (χ2v) is 7.30. The van der Waals surface area contributed by atoms with Crippen molar-refractivity contribution in [1.82, 2.24) is 0 Å². The molecule has 1 heterocycles. The zero-order valence-corrected chi connectivity index (χ0v) is 17.2. The van der Waals surface area contributed by atoms with Crippen molar-refractivity contribution in [3.05, 3.63) is 0 Å². The zero-order chi connectivity index (χ0) is 21.6. The maximum atomic E-state index is 11.7. The Bertz CT molecular complexity index is 594. The van der Waals surface area contributed by atoms with Gasteiger partial charge in [-0.15, -0.1) is 0 Å². The van der Waals surface area contributed by atoms with E-state index < -0.39 is 60.2 Å². The lowest BCUT2D eigenvalue weighted by atomic mass is 9.97. The van der Waals surface area contributed by atoms with Gasteiger partial charge in [-0.1, -0.05) is 0 Å². The van der Waals surface area contributed by atoms with Gasteiger partial charge in [-0.3, -0.25) is 19.2 Å². The van der Waals surface area contributed by atoms with Gasteiger partial charge in [-0.25, -0.2) is 0 Å². The maximum Gasteiger partial charge on any atom is 0.303 e. The van der Waals surface area contributed by atoms with Crippen molar-refractivity contribution in [2.75, 3.05) is 6.61 Å². The van der Waals surface area contributed by atoms with E-state index in [-0.39, 0.29) is 6.61 Å². The van der Waals surface area contributed by atoms with E-state index in [4.69, 9.17) is 28.4 Å². The molecule has 0 aliphatic carbocycles. The third-order valence-corrected chi connectivity index (χ3v) is 3.42. The molecule has 1 saturated heterocycles. The van der Waals surface area contributed by atoms with Gasteiger partial charge in [-0.05, 0) is 20.8 Å². The summed E-state index contributed by atoms with van der Waals surface area (Å²) in [6.45, 7) is 9.66. The number of hydrogen-bond acceptors (Lipinski definition) is 10. The van der Waals surface area contributed by atoms with Gasteiger partial charge >= 0.3 is 23.9 Å². The summed E-state index contributed by atoms with van der Waals surface area (Å²) in [5, 5.41) is 0. The fourth-order valence-electron chi connectivity index (χ4n) is 2.63. The Hall–Kier alpha value is -2.20. The summed E-state index contributed by atoms with van der Waals surface area (Å²) < 4.78 is 32.5. The summed E-state index contributed by atoms with van der Waals surface area (Å²) >= 11 is 0. The summed E-state index contributed by atoms with van der Waals surface area (Å²) in [7, 11) is 0. The topological polar surface area (TPSA) is 124 Å². The van der Waals surface area contributed by atoms with Crippen molar-refractivity contribution in [2.45, 2.75) is 84.8 Å². The van der Waals surface area contributed by atoms with Gasteiger partial charge in [-0.2, -0.15) is 0 Å². The molecule has 160 valence electrons. The Balaban J connectivity index is 3.33. The van der Waals surface area contributed by atoms with Crippen LogP contribution < -0.4 is 0 Å². The molecule has 0 amide bonds. The first-order chi connectivity index (χ1) is 12.8. The highest BCUT2D eigenvalue weighted by Crippen LogP contribution is 2.31. The van der Waals surface area contributed by atoms with Crippen LogP contribution in [0.4, 0.5) is 0 Å². The normalized spacial score (nSPS) is 27.5. The highest BCUT2D eigenvalue weighted by Gasteiger charge is 2.53. The predicted octanol–water partition coefficient (Wildman–Crippen LogP) is 0.885. The molecule has 0 saturated carbocycles. The average Bonchev–Trinajstić information content (AvgIpc) is 2.48. The molecule has 1 aliphatic heterocycles. The SMILES string of the molecule is CC(=O)OC[C@H]1O[C@@H](OC(C)(C)C)[C@@H](OC(C)=O)[C@@H](OC(C)=O)[C@H]1OC(C)=O. The Kier molecular flexibility index (Phi) is 8.37. The summed E-state index contributed by atoms with van der Waals surface area (Å²) in [6, 6.07) is 0. The Morgan fingerprint density at radius 3 is 1.64 bits per heavy atom. The van der Waals surface area contributed by atoms with E-state index in [1.165, 1.54) is 13.8 Å². The third-order valence-electron chi connectivity index (χ3n) is 3.42. The Morgan fingerprint density at radius 2 is 1.21 bits per heavy atom. The third kappa shape index (κ3) is 7.81. The smallest absolute Gasteiger partial charge is 0.303 e. The van der Waals surface area contributed by atoms with Crippen LogP contribution in [-0.4, -0.2) is 66.8 Å². The first kappa shape index (κ1) is 23.8. The second kappa shape index (κ2) is 9.83. The highest BCUT2D eigenvalue weighted by molar-refractivity contribution is 5.68. The Labute approximate surface area is 163 Å². The molecule has 5 atom stereocenters. The fourth-order valence-corrected chi connectivity index (χ4v) is 2.63. The molecule has 0 radical (unpaired) electrons. The zero-order valence-electron chi connectivity index (χ0n) is 17.2. The lowest BCUT2D eigenvalue weighted by Gasteiger charge is -2.45. The standard InChI is InChI=1S/C18H28O10/c1-9(19)23-8-13-14(24-10(2)20)15(25-11(3)21)16(26-12(4)22)17(27-13)28-18(5,6)7/h13-17H,8H2,1-7H3/t13-,14+,15+,16+,17+/m1/s1. The highest BCUT2D eigenvalue weighted by atomic mass is 16.7. The van der Waals surface area contributed by atoms with Gasteiger partial charge in [0, 0.05) is 27.7 Å². The van der Waals surface area contributed by atoms with Crippen LogP contribution in [0.25, 0.3) is 0 Å². The predicted molar refractivity (Wildman–Crippen MR) is 92.8 cm³/mol. The molecule has 10 heteroatoms. The number of carbonyl (C=O) groups is 4. The molecule has 1 rings (SSSR count). The summed E-state index contributed by atoms with van der Waals surface area (Å²) in [5.41, 5.74) is -0.718. The number of carbonyl (C=O) groups excluding carboxylic acids is 4. The van der Waals surface area contributed by atoms with Gasteiger partial charge < -0.3 is 28.4 Å². The van der Waals surface area contributed by atoms with Crippen LogP contribution in [0.3, 0.4) is 0 Å². The molecule has 0 unspecified atom stereocenters. The van der Waals surface area contributed by atoms with Gasteiger partial charge in [0.05, 0.1) is 5.60 Å². The number of ether oxygens (including phenoxy) is 6. The molecule has 0 N–H and O–H groups in total. The van der Waals surface area contributed by atoms with Crippen LogP contribution >= 0.6 is 0 Å². The van der Waals surface area contributed by atoms with Crippen molar-refractivity contribution in [3.8, 4) is 0 Å². The molecule has 1 aliphatic rings. The lowest BCUT2D eigenvalue weighted by Crippen LogP contribution is -2.63. The lowest BCUT2D eigenvalue weighted by molar-refractivity contribution is -0.325. The van der Waals surface area contributed by atoms with E-state index >= 15 is 0 Å². The Morgan fingerprint density at radius 1 is 0.750 bits per heavy atom. The largest absolute Gasteiger partial charge is 0.463 e. The van der Waals surface area contributed by atoms with Crippen molar-refractivity contribution in [1.29, 1.82) is 0 Å². The monoisotopic (exact) mass is 404 g/mol. The maximum absolute atomic E-state index is 11.7. The number of rotatable bonds is 6. The minimum Gasteiger partial charge on any atom is -0.463 e. The fraction of sp³-hybridized carbons (Fsp3) is 0.778. The molecular formula is C18H28O10. The molecule has 0 aromatic carbocycles. The van der Waals surface area contributed by atoms with Crippen LogP contribution in [0.1, 0.15) is 48.5 Å². The van der Waals surface area contributed by atoms with Crippen LogP contribution in [-0.2, 0) is 47.6 Å². The van der Waals surface area contributed by atoms with Crippen molar-refractivity contribution in [2.24, 2.45) is 0 Å². The molecule has 0 aromatic heterocycles. The van der Waals surface area contributed by atoms with Crippen molar-refractivity contribution < 1.29 is 47.6 Å². The molecule has 0 spiro atoms. The van der Waals surface area contributed by atoms with Gasteiger partial charge in [0.2, 0.25) is 0 Å². The minimum atomic E-state index is -1.23. The van der Waals surface area contributed by atoms with Gasteiger partial charge in [0.1, 0.15) is 12.7 Å². The number of esters is 4. The van der Waals surface area contributed by atoms with Crippen LogP contribution in [0.5, 0.6) is 0 Å². The molecule has 0 aromatic rings. The van der Waals surface area contributed by atoms with Crippen LogP contribution in [0.2, 0.25) is 0 Å². The molecule has 1 fully saturated rings. The van der Waals surface area contributed by atoms with E-state index in [0.29, 0.717) is 0 Å². The molecule has 28 heavy (non-hydrogen) atoms. The van der Waals surface area contributed by atoms with E-state index in [1.54, 1.807) is 20.8 Å². The van der Waals surface area contributed by atoms with Crippen molar-refractivity contribution >= 4 is 23.9 Å². The molecule has 10 nitrogen and oxygen atoms in total. The summed E-state index contributed by atoms with van der Waals surface area (Å²) in [4.78, 5) is 46.1. The van der Waals surface area contributed by atoms with E-state index in [9.17, 15) is 19.2 Å². The minimum absolute atomic E-state index is 0.290. The molecule has 0 bridgehead atoms. The average molecular weight is 404 g/mol. The second-order valence-electron chi connectivity index (χ2n) is 7.30. The van der Waals surface area contributed by atoms with Crippen LogP contribution in [0, 0.1) is 0 Å². The van der Waals surface area contributed by atoms with E-state index in [2.05, 4.69) is 0 Å². The first-order valence-corrected chi connectivity index (χ1v) is 8.78. The van der Waals surface area contributed by atoms with Gasteiger partial charge in [0.25, 0.3) is 0 Å². The summed E-state index contributed by atoms with van der Waals surface area (Å²) in [5.74, 6) is -2.63. The van der Waals surface area contributed by atoms with E-state index in [1.807, 2.05) is 0 Å². The van der Waals surface area contributed by atoms with Crippen molar-refractivity contribution in [3.63, 3.8) is 0 Å². The van der Waals surface area contributed by atoms with E-state index in [0.717, 1.165) is 13.8 Å². The van der Waals surface area contributed by atoms with Crippen LogP contribution in [0.15, 0.2) is 0 Å². The van der Waals surface area contributed by atoms with Gasteiger partial charge in [0.15, 0.2) is 24.6 Å². The first-order valence-electron chi connectivity index (χ1n) is 8.78. The summed E-state index contributed by atoms with van der Waals surface area (Å²) in [6.07, 6.45) is -5.81. The number of hydrogen-bond donors (Lipinski definition) is 0.